The van der Waals surface area contributed by atoms with Gasteiger partial charge >= 0.3 is 0 Å². The molecular formula is C14H21N3O. The Balaban J connectivity index is 2.02. The molecule has 1 aromatic heterocycles. The van der Waals surface area contributed by atoms with Crippen molar-refractivity contribution in [3.05, 3.63) is 30.1 Å². The lowest BCUT2D eigenvalue weighted by Crippen LogP contribution is -2.44. The van der Waals surface area contributed by atoms with Crippen molar-refractivity contribution < 1.29 is 4.79 Å². The van der Waals surface area contributed by atoms with Crippen LogP contribution in [0.4, 0.5) is 0 Å². The highest BCUT2D eigenvalue weighted by Gasteiger charge is 2.34. The summed E-state index contributed by atoms with van der Waals surface area (Å²) in [6.07, 6.45) is 7.46. The van der Waals surface area contributed by atoms with Gasteiger partial charge in [0.05, 0.1) is 6.04 Å². The number of pyridine rings is 1. The molecule has 1 aromatic rings. The predicted octanol–water partition coefficient (Wildman–Crippen LogP) is 1.70. The SMILES string of the molecule is CCC[C@@H](N)C(=O)N(Cc1cccnc1)C1CC1. The average Bonchev–Trinajstić information content (AvgIpc) is 3.21. The number of hydrogen-bond acceptors (Lipinski definition) is 3. The van der Waals surface area contributed by atoms with E-state index >= 15 is 0 Å². The van der Waals surface area contributed by atoms with Gasteiger partial charge in [-0.1, -0.05) is 19.4 Å². The second kappa shape index (κ2) is 5.96. The molecule has 0 saturated heterocycles. The first-order chi connectivity index (χ1) is 8.72. The highest BCUT2D eigenvalue weighted by molar-refractivity contribution is 5.82. The molecule has 1 amide bonds. The Hall–Kier alpha value is -1.42. The summed E-state index contributed by atoms with van der Waals surface area (Å²) in [5, 5.41) is 0. The van der Waals surface area contributed by atoms with Gasteiger partial charge < -0.3 is 10.6 Å². The fraction of sp³-hybridized carbons (Fsp3) is 0.571. The molecule has 0 radical (unpaired) electrons. The van der Waals surface area contributed by atoms with Gasteiger partial charge in [0.15, 0.2) is 0 Å². The molecule has 0 bridgehead atoms. The topological polar surface area (TPSA) is 59.2 Å². The lowest BCUT2D eigenvalue weighted by atomic mass is 10.1. The highest BCUT2D eigenvalue weighted by Crippen LogP contribution is 2.29. The molecule has 1 heterocycles. The van der Waals surface area contributed by atoms with E-state index in [1.165, 1.54) is 0 Å². The molecule has 1 saturated carbocycles. The summed E-state index contributed by atoms with van der Waals surface area (Å²) in [5.41, 5.74) is 7.01. The third-order valence-electron chi connectivity index (χ3n) is 3.26. The summed E-state index contributed by atoms with van der Waals surface area (Å²) in [7, 11) is 0. The smallest absolute Gasteiger partial charge is 0.240 e. The zero-order chi connectivity index (χ0) is 13.0. The quantitative estimate of drug-likeness (QED) is 0.832. The first kappa shape index (κ1) is 13.0. The minimum Gasteiger partial charge on any atom is -0.334 e. The number of rotatable bonds is 6. The van der Waals surface area contributed by atoms with Crippen LogP contribution in [0.1, 0.15) is 38.2 Å². The van der Waals surface area contributed by atoms with Crippen molar-refractivity contribution in [1.82, 2.24) is 9.88 Å². The largest absolute Gasteiger partial charge is 0.334 e. The van der Waals surface area contributed by atoms with Gasteiger partial charge in [0, 0.05) is 25.0 Å². The van der Waals surface area contributed by atoms with Crippen LogP contribution >= 0.6 is 0 Å². The summed E-state index contributed by atoms with van der Waals surface area (Å²) < 4.78 is 0. The molecule has 2 N–H and O–H groups in total. The van der Waals surface area contributed by atoms with Gasteiger partial charge in [-0.25, -0.2) is 0 Å². The van der Waals surface area contributed by atoms with E-state index in [1.807, 2.05) is 23.2 Å². The Morgan fingerprint density at radius 2 is 2.39 bits per heavy atom. The number of carbonyl (C=O) groups is 1. The number of nitrogens with zero attached hydrogens (tertiary/aromatic N) is 2. The van der Waals surface area contributed by atoms with E-state index in [0.29, 0.717) is 12.6 Å². The molecule has 1 aliphatic rings. The number of hydrogen-bond donors (Lipinski definition) is 1. The second-order valence-corrected chi connectivity index (χ2v) is 4.95. The summed E-state index contributed by atoms with van der Waals surface area (Å²) in [6.45, 7) is 2.68. The lowest BCUT2D eigenvalue weighted by Gasteiger charge is -2.25. The van der Waals surface area contributed by atoms with Gasteiger partial charge in [0.1, 0.15) is 0 Å². The molecule has 1 atom stereocenters. The normalized spacial score (nSPS) is 16.3. The van der Waals surface area contributed by atoms with Crippen LogP contribution in [0, 0.1) is 0 Å². The minimum absolute atomic E-state index is 0.0863. The Kier molecular flexibility index (Phi) is 4.31. The van der Waals surface area contributed by atoms with Crippen LogP contribution in [0.2, 0.25) is 0 Å². The van der Waals surface area contributed by atoms with E-state index in [1.54, 1.807) is 6.20 Å². The second-order valence-electron chi connectivity index (χ2n) is 4.95. The summed E-state index contributed by atoms with van der Waals surface area (Å²) in [5.74, 6) is 0.0863. The fourth-order valence-electron chi connectivity index (χ4n) is 2.11. The maximum Gasteiger partial charge on any atom is 0.240 e. The van der Waals surface area contributed by atoms with Crippen molar-refractivity contribution in [3.63, 3.8) is 0 Å². The van der Waals surface area contributed by atoms with Crippen LogP contribution in [-0.2, 0) is 11.3 Å². The van der Waals surface area contributed by atoms with Gasteiger partial charge in [-0.05, 0) is 30.9 Å². The Bertz CT molecular complexity index is 389. The van der Waals surface area contributed by atoms with Gasteiger partial charge in [-0.15, -0.1) is 0 Å². The first-order valence-electron chi connectivity index (χ1n) is 6.67. The zero-order valence-electron chi connectivity index (χ0n) is 10.9. The van der Waals surface area contributed by atoms with Crippen LogP contribution in [0.5, 0.6) is 0 Å². The third-order valence-corrected chi connectivity index (χ3v) is 3.26. The molecule has 0 aromatic carbocycles. The van der Waals surface area contributed by atoms with Crippen LogP contribution < -0.4 is 5.73 Å². The van der Waals surface area contributed by atoms with E-state index in [9.17, 15) is 4.79 Å². The van der Waals surface area contributed by atoms with E-state index in [4.69, 9.17) is 5.73 Å². The molecule has 18 heavy (non-hydrogen) atoms. The number of aromatic nitrogens is 1. The average molecular weight is 247 g/mol. The van der Waals surface area contributed by atoms with Gasteiger partial charge in [-0.2, -0.15) is 0 Å². The predicted molar refractivity (Wildman–Crippen MR) is 70.7 cm³/mol. The Morgan fingerprint density at radius 3 is 2.94 bits per heavy atom. The van der Waals surface area contributed by atoms with Crippen LogP contribution in [0.15, 0.2) is 24.5 Å². The van der Waals surface area contributed by atoms with E-state index in [0.717, 1.165) is 31.2 Å². The summed E-state index contributed by atoms with van der Waals surface area (Å²) in [4.78, 5) is 18.3. The third kappa shape index (κ3) is 3.29. The van der Waals surface area contributed by atoms with E-state index < -0.39 is 0 Å². The van der Waals surface area contributed by atoms with Crippen molar-refractivity contribution in [3.8, 4) is 0 Å². The van der Waals surface area contributed by atoms with Crippen molar-refractivity contribution in [2.45, 2.75) is 51.2 Å². The molecule has 0 aliphatic heterocycles. The maximum absolute atomic E-state index is 12.3. The van der Waals surface area contributed by atoms with Crippen LogP contribution in [0.25, 0.3) is 0 Å². The van der Waals surface area contributed by atoms with Gasteiger partial charge in [0.2, 0.25) is 5.91 Å². The lowest BCUT2D eigenvalue weighted by molar-refractivity contribution is -0.134. The maximum atomic E-state index is 12.3. The van der Waals surface area contributed by atoms with Gasteiger partial charge in [0.25, 0.3) is 0 Å². The van der Waals surface area contributed by atoms with Crippen LogP contribution in [-0.4, -0.2) is 27.9 Å². The van der Waals surface area contributed by atoms with Crippen molar-refractivity contribution in [2.75, 3.05) is 0 Å². The standard InChI is InChI=1S/C14H21N3O/c1-2-4-13(15)14(18)17(12-6-7-12)10-11-5-3-8-16-9-11/h3,5,8-9,12-13H,2,4,6-7,10,15H2,1H3/t13-/m1/s1. The highest BCUT2D eigenvalue weighted by atomic mass is 16.2. The zero-order valence-corrected chi connectivity index (χ0v) is 10.9. The minimum atomic E-state index is -0.354. The first-order valence-corrected chi connectivity index (χ1v) is 6.67. The molecular weight excluding hydrogens is 226 g/mol. The monoisotopic (exact) mass is 247 g/mol. The Labute approximate surface area is 108 Å². The molecule has 1 fully saturated rings. The molecule has 0 spiro atoms. The van der Waals surface area contributed by atoms with Gasteiger partial charge in [-0.3, -0.25) is 9.78 Å². The summed E-state index contributed by atoms with van der Waals surface area (Å²) >= 11 is 0. The summed E-state index contributed by atoms with van der Waals surface area (Å²) in [6, 6.07) is 3.94. The van der Waals surface area contributed by atoms with Crippen molar-refractivity contribution in [1.29, 1.82) is 0 Å². The fourth-order valence-corrected chi connectivity index (χ4v) is 2.11. The molecule has 0 unspecified atom stereocenters. The van der Waals surface area contributed by atoms with E-state index in [2.05, 4.69) is 11.9 Å². The van der Waals surface area contributed by atoms with E-state index in [-0.39, 0.29) is 11.9 Å². The molecule has 2 rings (SSSR count). The van der Waals surface area contributed by atoms with Crippen molar-refractivity contribution in [2.24, 2.45) is 5.73 Å². The Morgan fingerprint density at radius 1 is 1.61 bits per heavy atom. The van der Waals surface area contributed by atoms with Crippen molar-refractivity contribution >= 4 is 5.91 Å². The molecule has 4 heteroatoms. The molecule has 1 aliphatic carbocycles. The molecule has 98 valence electrons. The molecule has 4 nitrogen and oxygen atoms in total. The van der Waals surface area contributed by atoms with Crippen LogP contribution in [0.3, 0.4) is 0 Å². The number of amides is 1. The number of nitrogens with two attached hydrogens (primary N) is 1. The number of carbonyl (C=O) groups excluding carboxylic acids is 1.